The first kappa shape index (κ1) is 17.0. The molecule has 0 aromatic heterocycles. The fraction of sp³-hybridized carbons (Fsp3) is 0.400. The molecule has 1 heterocycles. The highest BCUT2D eigenvalue weighted by Gasteiger charge is 2.35. The van der Waals surface area contributed by atoms with E-state index in [1.165, 1.54) is 0 Å². The van der Waals surface area contributed by atoms with E-state index < -0.39 is 10.0 Å². The fourth-order valence-electron chi connectivity index (χ4n) is 3.69. The van der Waals surface area contributed by atoms with Crippen molar-refractivity contribution in [3.63, 3.8) is 0 Å². The number of rotatable bonds is 2. The Balaban J connectivity index is 2.27. The molecule has 1 aliphatic heterocycles. The summed E-state index contributed by atoms with van der Waals surface area (Å²) >= 11 is 0. The first-order valence-electron chi connectivity index (χ1n) is 8.45. The van der Waals surface area contributed by atoms with Crippen LogP contribution in [0.1, 0.15) is 41.2 Å². The second-order valence-corrected chi connectivity index (χ2v) is 8.66. The highest BCUT2D eigenvalue weighted by molar-refractivity contribution is 7.93. The fourth-order valence-corrected chi connectivity index (χ4v) is 6.00. The highest BCUT2D eigenvalue weighted by atomic mass is 32.2. The van der Waals surface area contributed by atoms with Crippen molar-refractivity contribution in [2.75, 3.05) is 4.31 Å². The number of nitrogens with zero attached hydrogens (tertiary/aromatic N) is 1. The normalized spacial score (nSPS) is 17.7. The Morgan fingerprint density at radius 2 is 1.58 bits per heavy atom. The van der Waals surface area contributed by atoms with E-state index >= 15 is 0 Å². The quantitative estimate of drug-likeness (QED) is 0.808. The summed E-state index contributed by atoms with van der Waals surface area (Å²) in [5.74, 6) is 0. The van der Waals surface area contributed by atoms with Gasteiger partial charge in [0.15, 0.2) is 0 Å². The third kappa shape index (κ3) is 2.53. The Hall–Kier alpha value is -1.81. The lowest BCUT2D eigenvalue weighted by molar-refractivity contribution is 0.562. The number of hydrogen-bond donors (Lipinski definition) is 0. The first-order chi connectivity index (χ1) is 11.2. The van der Waals surface area contributed by atoms with Gasteiger partial charge >= 0.3 is 0 Å². The molecule has 1 atom stereocenters. The van der Waals surface area contributed by atoms with Crippen LogP contribution in [0, 0.1) is 27.7 Å². The van der Waals surface area contributed by atoms with E-state index in [9.17, 15) is 8.42 Å². The van der Waals surface area contributed by atoms with Crippen molar-refractivity contribution in [2.45, 2.75) is 58.4 Å². The summed E-state index contributed by atoms with van der Waals surface area (Å²) in [5, 5.41) is 0. The topological polar surface area (TPSA) is 37.4 Å². The van der Waals surface area contributed by atoms with Crippen LogP contribution < -0.4 is 4.31 Å². The van der Waals surface area contributed by atoms with E-state index in [0.717, 1.165) is 46.3 Å². The van der Waals surface area contributed by atoms with Gasteiger partial charge in [-0.2, -0.15) is 0 Å². The largest absolute Gasteiger partial charge is 0.265 e. The van der Waals surface area contributed by atoms with Gasteiger partial charge in [0.1, 0.15) is 0 Å². The Bertz CT molecular complexity index is 874. The Kier molecular flexibility index (Phi) is 4.20. The van der Waals surface area contributed by atoms with Crippen LogP contribution in [0.3, 0.4) is 0 Å². The van der Waals surface area contributed by atoms with Crippen LogP contribution in [-0.2, 0) is 16.4 Å². The predicted octanol–water partition coefficient (Wildman–Crippen LogP) is 4.45. The molecular weight excluding hydrogens is 318 g/mol. The van der Waals surface area contributed by atoms with Crippen LogP contribution in [0.15, 0.2) is 35.2 Å². The third-order valence-corrected chi connectivity index (χ3v) is 7.48. The van der Waals surface area contributed by atoms with Crippen LogP contribution in [0.4, 0.5) is 5.69 Å². The second kappa shape index (κ2) is 5.92. The van der Waals surface area contributed by atoms with Gasteiger partial charge in [-0.1, -0.05) is 24.3 Å². The number of para-hydroxylation sites is 1. The molecular formula is C20H25NO2S. The molecule has 0 saturated heterocycles. The summed E-state index contributed by atoms with van der Waals surface area (Å²) in [6.07, 6.45) is 1.77. The monoisotopic (exact) mass is 343 g/mol. The number of aryl methyl sites for hydroxylation is 3. The Labute approximate surface area is 145 Å². The van der Waals surface area contributed by atoms with Crippen molar-refractivity contribution in [1.82, 2.24) is 0 Å². The van der Waals surface area contributed by atoms with Crippen molar-refractivity contribution in [3.8, 4) is 0 Å². The SMILES string of the molecule is Cc1cc(C)c(C)c(S(=O)(=O)N2c3ccccc3CCC2C)c1C. The van der Waals surface area contributed by atoms with Crippen LogP contribution in [0.25, 0.3) is 0 Å². The predicted molar refractivity (Wildman–Crippen MR) is 99.3 cm³/mol. The molecule has 24 heavy (non-hydrogen) atoms. The van der Waals surface area contributed by atoms with Gasteiger partial charge in [0.2, 0.25) is 0 Å². The van der Waals surface area contributed by atoms with Crippen molar-refractivity contribution in [2.24, 2.45) is 0 Å². The van der Waals surface area contributed by atoms with Gasteiger partial charge in [-0.3, -0.25) is 4.31 Å². The lowest BCUT2D eigenvalue weighted by Gasteiger charge is -2.37. The number of benzene rings is 2. The van der Waals surface area contributed by atoms with Gasteiger partial charge in [-0.15, -0.1) is 0 Å². The Morgan fingerprint density at radius 3 is 2.21 bits per heavy atom. The molecule has 1 aliphatic rings. The van der Waals surface area contributed by atoms with Gasteiger partial charge in [0, 0.05) is 6.04 Å². The van der Waals surface area contributed by atoms with E-state index in [1.54, 1.807) is 4.31 Å². The second-order valence-electron chi connectivity index (χ2n) is 6.91. The molecule has 2 aromatic carbocycles. The van der Waals surface area contributed by atoms with Crippen LogP contribution >= 0.6 is 0 Å². The maximum Gasteiger partial charge on any atom is 0.265 e. The van der Waals surface area contributed by atoms with Crippen LogP contribution in [-0.4, -0.2) is 14.5 Å². The summed E-state index contributed by atoms with van der Waals surface area (Å²) in [6.45, 7) is 9.79. The lowest BCUT2D eigenvalue weighted by Crippen LogP contribution is -2.42. The molecule has 0 fully saturated rings. The molecule has 3 rings (SSSR count). The van der Waals surface area contributed by atoms with Crippen molar-refractivity contribution in [1.29, 1.82) is 0 Å². The first-order valence-corrected chi connectivity index (χ1v) is 9.89. The molecule has 0 radical (unpaired) electrons. The Morgan fingerprint density at radius 1 is 1.00 bits per heavy atom. The van der Waals surface area contributed by atoms with Gasteiger partial charge in [-0.25, -0.2) is 8.42 Å². The minimum atomic E-state index is -3.60. The summed E-state index contributed by atoms with van der Waals surface area (Å²) in [5.41, 5.74) is 5.69. The third-order valence-electron chi connectivity index (χ3n) is 5.27. The van der Waals surface area contributed by atoms with Gasteiger partial charge < -0.3 is 0 Å². The van der Waals surface area contributed by atoms with E-state index in [1.807, 2.05) is 58.9 Å². The average Bonchev–Trinajstić information content (AvgIpc) is 2.52. The molecule has 4 heteroatoms. The standard InChI is InChI=1S/C20H25NO2S/c1-13-12-14(2)17(5)20(16(13)4)24(22,23)21-15(3)10-11-18-8-6-7-9-19(18)21/h6-9,12,15H,10-11H2,1-5H3. The average molecular weight is 343 g/mol. The number of fused-ring (bicyclic) bond motifs is 1. The summed E-state index contributed by atoms with van der Waals surface area (Å²) in [7, 11) is -3.60. The maximum absolute atomic E-state index is 13.6. The van der Waals surface area contributed by atoms with Crippen molar-refractivity contribution in [3.05, 3.63) is 58.1 Å². The zero-order valence-electron chi connectivity index (χ0n) is 15.1. The lowest BCUT2D eigenvalue weighted by atomic mass is 9.99. The molecule has 0 amide bonds. The molecule has 128 valence electrons. The van der Waals surface area contributed by atoms with Crippen molar-refractivity contribution < 1.29 is 8.42 Å². The summed E-state index contributed by atoms with van der Waals surface area (Å²) in [6, 6.07) is 9.88. The minimum absolute atomic E-state index is 0.0375. The zero-order valence-corrected chi connectivity index (χ0v) is 15.9. The molecule has 0 spiro atoms. The van der Waals surface area contributed by atoms with Crippen LogP contribution in [0.2, 0.25) is 0 Å². The number of sulfonamides is 1. The van der Waals surface area contributed by atoms with E-state index in [4.69, 9.17) is 0 Å². The molecule has 0 N–H and O–H groups in total. The molecule has 0 bridgehead atoms. The molecule has 2 aromatic rings. The number of hydrogen-bond acceptors (Lipinski definition) is 2. The summed E-state index contributed by atoms with van der Waals surface area (Å²) < 4.78 is 28.9. The molecule has 1 unspecified atom stereocenters. The highest BCUT2D eigenvalue weighted by Crippen LogP contribution is 2.37. The maximum atomic E-state index is 13.6. The zero-order chi connectivity index (χ0) is 17.6. The smallest absolute Gasteiger partial charge is 0.263 e. The van der Waals surface area contributed by atoms with E-state index in [-0.39, 0.29) is 6.04 Å². The molecule has 0 saturated carbocycles. The molecule has 0 aliphatic carbocycles. The van der Waals surface area contributed by atoms with Crippen molar-refractivity contribution >= 4 is 15.7 Å². The van der Waals surface area contributed by atoms with Gasteiger partial charge in [-0.05, 0) is 81.3 Å². The van der Waals surface area contributed by atoms with E-state index in [2.05, 4.69) is 6.07 Å². The summed E-state index contributed by atoms with van der Waals surface area (Å²) in [4.78, 5) is 0.476. The van der Waals surface area contributed by atoms with Crippen LogP contribution in [0.5, 0.6) is 0 Å². The van der Waals surface area contributed by atoms with E-state index in [0.29, 0.717) is 4.90 Å². The number of anilines is 1. The van der Waals surface area contributed by atoms with Gasteiger partial charge in [0.05, 0.1) is 10.6 Å². The minimum Gasteiger partial charge on any atom is -0.263 e. The molecule has 3 nitrogen and oxygen atoms in total. The van der Waals surface area contributed by atoms with Gasteiger partial charge in [0.25, 0.3) is 10.0 Å².